The summed E-state index contributed by atoms with van der Waals surface area (Å²) in [5.41, 5.74) is 14.8. The predicted octanol–water partition coefficient (Wildman–Crippen LogP) is 6.15. The SMILES string of the molecule is CC(C)OC(=O)c1cc(-c2ccc(C(=O)Nc3ccc(N)cc3)c(C(=O)OC(C)C)c2)ccc1C(=O)Nc1ccc(N)cc1. The first-order chi connectivity index (χ1) is 20.9. The zero-order valence-corrected chi connectivity index (χ0v) is 24.8. The number of nitrogens with one attached hydrogen (secondary N) is 2. The highest BCUT2D eigenvalue weighted by molar-refractivity contribution is 6.13. The van der Waals surface area contributed by atoms with Crippen molar-refractivity contribution in [1.29, 1.82) is 0 Å². The Balaban J connectivity index is 1.74. The second kappa shape index (κ2) is 13.6. The van der Waals surface area contributed by atoms with Gasteiger partial charge in [-0.1, -0.05) is 12.1 Å². The van der Waals surface area contributed by atoms with Gasteiger partial charge in [-0.15, -0.1) is 0 Å². The minimum Gasteiger partial charge on any atom is -0.459 e. The molecular formula is C34H34N4O6. The van der Waals surface area contributed by atoms with Crippen molar-refractivity contribution in [3.8, 4) is 11.1 Å². The van der Waals surface area contributed by atoms with E-state index in [1.165, 1.54) is 24.3 Å². The topological polar surface area (TPSA) is 163 Å². The molecule has 10 heteroatoms. The molecule has 0 radical (unpaired) electrons. The van der Waals surface area contributed by atoms with Gasteiger partial charge in [0.1, 0.15) is 0 Å². The lowest BCUT2D eigenvalue weighted by molar-refractivity contribution is 0.0365. The van der Waals surface area contributed by atoms with Crippen molar-refractivity contribution in [3.05, 3.63) is 107 Å². The van der Waals surface area contributed by atoms with Crippen LogP contribution < -0.4 is 22.1 Å². The van der Waals surface area contributed by atoms with E-state index in [9.17, 15) is 19.2 Å². The lowest BCUT2D eigenvalue weighted by Crippen LogP contribution is -2.20. The first kappa shape index (κ1) is 31.3. The van der Waals surface area contributed by atoms with E-state index in [-0.39, 0.29) is 22.3 Å². The van der Waals surface area contributed by atoms with E-state index in [4.69, 9.17) is 20.9 Å². The number of carbonyl (C=O) groups is 4. The maximum atomic E-state index is 13.2. The Hall–Kier alpha value is -5.64. The van der Waals surface area contributed by atoms with E-state index >= 15 is 0 Å². The molecule has 44 heavy (non-hydrogen) atoms. The largest absolute Gasteiger partial charge is 0.459 e. The minimum absolute atomic E-state index is 0.0284. The molecule has 0 atom stereocenters. The average molecular weight is 595 g/mol. The Morgan fingerprint density at radius 1 is 0.523 bits per heavy atom. The first-order valence-corrected chi connectivity index (χ1v) is 14.0. The van der Waals surface area contributed by atoms with Crippen molar-refractivity contribution in [2.75, 3.05) is 22.1 Å². The van der Waals surface area contributed by atoms with Crippen LogP contribution in [0.1, 0.15) is 69.1 Å². The van der Waals surface area contributed by atoms with Crippen molar-refractivity contribution in [2.45, 2.75) is 39.9 Å². The number of ether oxygens (including phenoxy) is 2. The number of amides is 2. The van der Waals surface area contributed by atoms with Gasteiger partial charge in [0, 0.05) is 22.7 Å². The number of carbonyl (C=O) groups excluding carboxylic acids is 4. The van der Waals surface area contributed by atoms with Crippen LogP contribution in [0.2, 0.25) is 0 Å². The van der Waals surface area contributed by atoms with Crippen LogP contribution in [-0.2, 0) is 9.47 Å². The fraction of sp³-hybridized carbons (Fsp3) is 0.176. The zero-order chi connectivity index (χ0) is 32.0. The number of esters is 2. The summed E-state index contributed by atoms with van der Waals surface area (Å²) in [6.07, 6.45) is -0.870. The fourth-order valence-electron chi connectivity index (χ4n) is 4.27. The summed E-state index contributed by atoms with van der Waals surface area (Å²) in [7, 11) is 0. The molecule has 4 aromatic carbocycles. The molecule has 0 bridgehead atoms. The number of nitrogens with two attached hydrogens (primary N) is 2. The number of rotatable bonds is 9. The van der Waals surface area contributed by atoms with Crippen LogP contribution in [0, 0.1) is 0 Å². The normalized spacial score (nSPS) is 10.8. The van der Waals surface area contributed by atoms with Gasteiger partial charge in [-0.3, -0.25) is 9.59 Å². The summed E-state index contributed by atoms with van der Waals surface area (Å²) in [4.78, 5) is 52.7. The van der Waals surface area contributed by atoms with Crippen LogP contribution in [-0.4, -0.2) is 36.0 Å². The maximum absolute atomic E-state index is 13.2. The molecule has 0 spiro atoms. The van der Waals surface area contributed by atoms with Crippen LogP contribution in [0.15, 0.2) is 84.9 Å². The summed E-state index contributed by atoms with van der Waals surface area (Å²) in [5, 5.41) is 5.53. The zero-order valence-electron chi connectivity index (χ0n) is 24.8. The molecule has 4 rings (SSSR count). The Morgan fingerprint density at radius 3 is 1.18 bits per heavy atom. The molecule has 0 unspecified atom stereocenters. The third-order valence-electron chi connectivity index (χ3n) is 6.32. The van der Waals surface area contributed by atoms with E-state index < -0.39 is 36.0 Å². The molecule has 0 aliphatic heterocycles. The Labute approximate surface area is 255 Å². The minimum atomic E-state index is -0.691. The molecule has 0 saturated heterocycles. The van der Waals surface area contributed by atoms with E-state index in [0.717, 1.165) is 0 Å². The van der Waals surface area contributed by atoms with Gasteiger partial charge in [0.05, 0.1) is 34.5 Å². The van der Waals surface area contributed by atoms with Crippen molar-refractivity contribution < 1.29 is 28.7 Å². The number of hydrogen-bond acceptors (Lipinski definition) is 8. The summed E-state index contributed by atoms with van der Waals surface area (Å²) in [5.74, 6) is -2.42. The van der Waals surface area contributed by atoms with Gasteiger partial charge in [-0.2, -0.15) is 0 Å². The van der Waals surface area contributed by atoms with Gasteiger partial charge in [-0.05, 0) is 112 Å². The quantitative estimate of drug-likeness (QED) is 0.132. The van der Waals surface area contributed by atoms with Gasteiger partial charge >= 0.3 is 11.9 Å². The Kier molecular flexibility index (Phi) is 9.64. The molecule has 0 aromatic heterocycles. The maximum Gasteiger partial charge on any atom is 0.339 e. The van der Waals surface area contributed by atoms with E-state index in [1.807, 2.05) is 0 Å². The molecule has 4 aromatic rings. The Morgan fingerprint density at radius 2 is 0.864 bits per heavy atom. The molecule has 10 nitrogen and oxygen atoms in total. The monoisotopic (exact) mass is 594 g/mol. The molecule has 0 fully saturated rings. The van der Waals surface area contributed by atoms with Crippen LogP contribution in [0.4, 0.5) is 22.7 Å². The van der Waals surface area contributed by atoms with Crippen molar-refractivity contribution in [1.82, 2.24) is 0 Å². The van der Waals surface area contributed by atoms with Gasteiger partial charge in [-0.25, -0.2) is 9.59 Å². The predicted molar refractivity (Wildman–Crippen MR) is 171 cm³/mol. The van der Waals surface area contributed by atoms with Gasteiger partial charge in [0.25, 0.3) is 11.8 Å². The number of benzene rings is 4. The van der Waals surface area contributed by atoms with Gasteiger partial charge in [0.2, 0.25) is 0 Å². The molecule has 0 heterocycles. The smallest absolute Gasteiger partial charge is 0.339 e. The van der Waals surface area contributed by atoms with E-state index in [0.29, 0.717) is 33.9 Å². The van der Waals surface area contributed by atoms with Gasteiger partial charge in [0.15, 0.2) is 0 Å². The van der Waals surface area contributed by atoms with Crippen LogP contribution in [0.25, 0.3) is 11.1 Å². The summed E-state index contributed by atoms with van der Waals surface area (Å²) < 4.78 is 10.9. The molecule has 0 aliphatic carbocycles. The lowest BCUT2D eigenvalue weighted by atomic mass is 9.95. The highest BCUT2D eigenvalue weighted by Gasteiger charge is 2.23. The van der Waals surface area contributed by atoms with Crippen molar-refractivity contribution in [2.24, 2.45) is 0 Å². The van der Waals surface area contributed by atoms with Gasteiger partial charge < -0.3 is 31.6 Å². The highest BCUT2D eigenvalue weighted by Crippen LogP contribution is 2.28. The molecule has 0 aliphatic rings. The standard InChI is InChI=1S/C34H34N4O6/c1-19(2)43-33(41)29-17-21(5-15-27(29)31(39)37-25-11-7-23(35)8-12-25)22-6-16-28(30(18-22)34(42)44-20(3)4)32(40)38-26-13-9-24(36)10-14-26/h5-20H,35-36H2,1-4H3,(H,37,39)(H,38,40). The van der Waals surface area contributed by atoms with Crippen LogP contribution in [0.5, 0.6) is 0 Å². The third kappa shape index (κ3) is 7.80. The molecule has 226 valence electrons. The number of anilines is 4. The van der Waals surface area contributed by atoms with Crippen LogP contribution in [0.3, 0.4) is 0 Å². The average Bonchev–Trinajstić information content (AvgIpc) is 2.98. The number of hydrogen-bond donors (Lipinski definition) is 4. The lowest BCUT2D eigenvalue weighted by Gasteiger charge is -2.16. The second-order valence-corrected chi connectivity index (χ2v) is 10.6. The van der Waals surface area contributed by atoms with Crippen molar-refractivity contribution >= 4 is 46.5 Å². The summed E-state index contributed by atoms with van der Waals surface area (Å²) >= 11 is 0. The second-order valence-electron chi connectivity index (χ2n) is 10.6. The fourth-order valence-corrected chi connectivity index (χ4v) is 4.27. The van der Waals surface area contributed by atoms with E-state index in [2.05, 4.69) is 10.6 Å². The van der Waals surface area contributed by atoms with Crippen LogP contribution >= 0.6 is 0 Å². The number of nitrogen functional groups attached to an aromatic ring is 2. The molecule has 6 N–H and O–H groups in total. The van der Waals surface area contributed by atoms with E-state index in [1.54, 1.807) is 88.4 Å². The third-order valence-corrected chi connectivity index (χ3v) is 6.32. The molecule has 0 saturated carbocycles. The highest BCUT2D eigenvalue weighted by atomic mass is 16.5. The molecular weight excluding hydrogens is 560 g/mol. The first-order valence-electron chi connectivity index (χ1n) is 14.0. The Bertz CT molecular complexity index is 1570. The summed E-state index contributed by atoms with van der Waals surface area (Å²) in [6.45, 7) is 6.82. The molecule has 2 amide bonds. The van der Waals surface area contributed by atoms with Crippen molar-refractivity contribution in [3.63, 3.8) is 0 Å². The summed E-state index contributed by atoms with van der Waals surface area (Å²) in [6, 6.07) is 22.5.